The highest BCUT2D eigenvalue weighted by Gasteiger charge is 2.39. The molecule has 138 valence electrons. The van der Waals surface area contributed by atoms with Gasteiger partial charge in [-0.3, -0.25) is 14.7 Å². The van der Waals surface area contributed by atoms with Crippen LogP contribution in [0.15, 0.2) is 29.0 Å². The van der Waals surface area contributed by atoms with Gasteiger partial charge in [-0.2, -0.15) is 0 Å². The summed E-state index contributed by atoms with van der Waals surface area (Å²) in [5, 5.41) is 3.91. The quantitative estimate of drug-likeness (QED) is 0.833. The molecule has 2 aliphatic heterocycles. The van der Waals surface area contributed by atoms with Gasteiger partial charge in [-0.05, 0) is 25.5 Å². The van der Waals surface area contributed by atoms with E-state index in [0.717, 1.165) is 19.6 Å². The van der Waals surface area contributed by atoms with Gasteiger partial charge in [0.05, 0.1) is 18.4 Å². The van der Waals surface area contributed by atoms with Crippen LogP contribution in [0.1, 0.15) is 27.4 Å². The second-order valence-corrected chi connectivity index (χ2v) is 7.18. The van der Waals surface area contributed by atoms with Gasteiger partial charge in [0.15, 0.2) is 0 Å². The van der Waals surface area contributed by atoms with Crippen molar-refractivity contribution < 1.29 is 14.1 Å². The van der Waals surface area contributed by atoms with Gasteiger partial charge in [0.1, 0.15) is 11.3 Å². The van der Waals surface area contributed by atoms with E-state index in [0.29, 0.717) is 42.6 Å². The van der Waals surface area contributed by atoms with E-state index in [9.17, 15) is 4.79 Å². The monoisotopic (exact) mass is 356 g/mol. The Bertz CT molecular complexity index is 757. The first-order chi connectivity index (χ1) is 12.6. The van der Waals surface area contributed by atoms with E-state index in [4.69, 9.17) is 9.26 Å². The highest BCUT2D eigenvalue weighted by molar-refractivity contribution is 5.96. The number of likely N-dealkylation sites (tertiary alicyclic amines) is 1. The first-order valence-corrected chi connectivity index (χ1v) is 9.07. The maximum absolute atomic E-state index is 12.9. The van der Waals surface area contributed by atoms with Crippen LogP contribution in [0.5, 0.6) is 0 Å². The highest BCUT2D eigenvalue weighted by Crippen LogP contribution is 2.27. The van der Waals surface area contributed by atoms with Crippen LogP contribution in [0, 0.1) is 19.8 Å². The van der Waals surface area contributed by atoms with E-state index in [1.54, 1.807) is 13.1 Å². The Labute approximate surface area is 152 Å². The van der Waals surface area contributed by atoms with E-state index in [1.807, 2.05) is 24.1 Å². The van der Waals surface area contributed by atoms with Crippen molar-refractivity contribution in [3.8, 4) is 0 Å². The van der Waals surface area contributed by atoms with Crippen molar-refractivity contribution in [2.45, 2.75) is 26.5 Å². The van der Waals surface area contributed by atoms with E-state index < -0.39 is 0 Å². The third kappa shape index (κ3) is 3.37. The first-order valence-electron chi connectivity index (χ1n) is 9.07. The fourth-order valence-electron chi connectivity index (χ4n) is 3.97. The third-order valence-electron chi connectivity index (χ3n) is 5.28. The second-order valence-electron chi connectivity index (χ2n) is 7.18. The number of hydrogen-bond donors (Lipinski definition) is 0. The van der Waals surface area contributed by atoms with E-state index in [1.165, 1.54) is 5.56 Å². The molecule has 26 heavy (non-hydrogen) atoms. The Balaban J connectivity index is 1.44. The molecule has 0 radical (unpaired) electrons. The van der Waals surface area contributed by atoms with Gasteiger partial charge in [0.2, 0.25) is 0 Å². The standard InChI is InChI=1S/C19H24N4O3/c1-13-18(14(2)26-21-13)19(24)23-11-16-10-22(6-7-25-17(16)12-23)9-15-4-3-5-20-8-15/h3-5,8,16-17H,6-7,9-12H2,1-2H3/t16-,17+/m1/s1. The van der Waals surface area contributed by atoms with Crippen LogP contribution in [-0.2, 0) is 11.3 Å². The number of hydrogen-bond acceptors (Lipinski definition) is 6. The normalized spacial score (nSPS) is 23.7. The molecule has 4 heterocycles. The summed E-state index contributed by atoms with van der Waals surface area (Å²) in [4.78, 5) is 21.4. The predicted molar refractivity (Wildman–Crippen MR) is 94.6 cm³/mol. The zero-order valence-electron chi connectivity index (χ0n) is 15.2. The van der Waals surface area contributed by atoms with Crippen LogP contribution in [-0.4, -0.2) is 64.7 Å². The minimum absolute atomic E-state index is 0.00303. The SMILES string of the molecule is Cc1noc(C)c1C(=O)N1C[C@H]2CN(Cc3cccnc3)CCO[C@H]2C1. The lowest BCUT2D eigenvalue weighted by Crippen LogP contribution is -2.34. The van der Waals surface area contributed by atoms with Crippen LogP contribution < -0.4 is 0 Å². The van der Waals surface area contributed by atoms with E-state index in [2.05, 4.69) is 21.1 Å². The molecule has 0 aromatic carbocycles. The van der Waals surface area contributed by atoms with Crippen LogP contribution in [0.25, 0.3) is 0 Å². The summed E-state index contributed by atoms with van der Waals surface area (Å²) < 4.78 is 11.2. The van der Waals surface area contributed by atoms with Crippen molar-refractivity contribution in [2.24, 2.45) is 5.92 Å². The summed E-state index contributed by atoms with van der Waals surface area (Å²) in [6.07, 6.45) is 3.80. The molecule has 2 aliphatic rings. The maximum Gasteiger partial charge on any atom is 0.259 e. The fraction of sp³-hybridized carbons (Fsp3) is 0.526. The van der Waals surface area contributed by atoms with E-state index in [-0.39, 0.29) is 12.0 Å². The summed E-state index contributed by atoms with van der Waals surface area (Å²) in [7, 11) is 0. The summed E-state index contributed by atoms with van der Waals surface area (Å²) in [6.45, 7) is 8.31. The average Bonchev–Trinajstić information content (AvgIpc) is 3.13. The van der Waals surface area contributed by atoms with Crippen molar-refractivity contribution in [3.63, 3.8) is 0 Å². The molecule has 1 amide bonds. The van der Waals surface area contributed by atoms with E-state index >= 15 is 0 Å². The number of carbonyl (C=O) groups is 1. The number of aryl methyl sites for hydroxylation is 2. The number of carbonyl (C=O) groups excluding carboxylic acids is 1. The average molecular weight is 356 g/mol. The summed E-state index contributed by atoms with van der Waals surface area (Å²) in [6, 6.07) is 4.06. The Morgan fingerprint density at radius 2 is 2.19 bits per heavy atom. The molecule has 7 nitrogen and oxygen atoms in total. The molecule has 0 aliphatic carbocycles. The Kier molecular flexibility index (Phi) is 4.74. The Morgan fingerprint density at radius 3 is 2.92 bits per heavy atom. The maximum atomic E-state index is 12.9. The lowest BCUT2D eigenvalue weighted by atomic mass is 10.1. The third-order valence-corrected chi connectivity index (χ3v) is 5.28. The van der Waals surface area contributed by atoms with Gasteiger partial charge in [-0.25, -0.2) is 0 Å². The van der Waals surface area contributed by atoms with Crippen LogP contribution in [0.2, 0.25) is 0 Å². The molecule has 2 fully saturated rings. The molecule has 2 aromatic rings. The lowest BCUT2D eigenvalue weighted by molar-refractivity contribution is 0.0483. The van der Waals surface area contributed by atoms with Crippen molar-refractivity contribution in [3.05, 3.63) is 47.1 Å². The molecular weight excluding hydrogens is 332 g/mol. The van der Waals surface area contributed by atoms with Gasteiger partial charge < -0.3 is 14.2 Å². The summed E-state index contributed by atoms with van der Waals surface area (Å²) in [5.74, 6) is 0.897. The number of ether oxygens (including phenoxy) is 1. The van der Waals surface area contributed by atoms with Crippen LogP contribution in [0.4, 0.5) is 0 Å². The zero-order chi connectivity index (χ0) is 18.1. The molecule has 4 rings (SSSR count). The minimum atomic E-state index is -0.00303. The second kappa shape index (κ2) is 7.17. The van der Waals surface area contributed by atoms with Crippen molar-refractivity contribution >= 4 is 5.91 Å². The highest BCUT2D eigenvalue weighted by atomic mass is 16.5. The van der Waals surface area contributed by atoms with Gasteiger partial charge >= 0.3 is 0 Å². The zero-order valence-corrected chi connectivity index (χ0v) is 15.2. The number of rotatable bonds is 3. The van der Waals surface area contributed by atoms with Gasteiger partial charge in [0, 0.05) is 51.0 Å². The lowest BCUT2D eigenvalue weighted by Gasteiger charge is -2.23. The van der Waals surface area contributed by atoms with Gasteiger partial charge in [0.25, 0.3) is 5.91 Å². The fourth-order valence-corrected chi connectivity index (χ4v) is 3.97. The molecule has 7 heteroatoms. The van der Waals surface area contributed by atoms with Gasteiger partial charge in [-0.1, -0.05) is 11.2 Å². The van der Waals surface area contributed by atoms with Crippen molar-refractivity contribution in [1.82, 2.24) is 19.9 Å². The number of fused-ring (bicyclic) bond motifs is 1. The Morgan fingerprint density at radius 1 is 1.31 bits per heavy atom. The van der Waals surface area contributed by atoms with Crippen molar-refractivity contribution in [2.75, 3.05) is 32.8 Å². The van der Waals surface area contributed by atoms with Crippen LogP contribution in [0.3, 0.4) is 0 Å². The first kappa shape index (κ1) is 17.2. The number of pyridine rings is 1. The number of aromatic nitrogens is 2. The number of amides is 1. The van der Waals surface area contributed by atoms with Crippen molar-refractivity contribution in [1.29, 1.82) is 0 Å². The topological polar surface area (TPSA) is 71.7 Å². The smallest absolute Gasteiger partial charge is 0.259 e. The molecule has 0 unspecified atom stereocenters. The Hall–Kier alpha value is -2.25. The number of nitrogens with zero attached hydrogens (tertiary/aromatic N) is 4. The van der Waals surface area contributed by atoms with Crippen LogP contribution >= 0.6 is 0 Å². The molecule has 0 bridgehead atoms. The van der Waals surface area contributed by atoms with Gasteiger partial charge in [-0.15, -0.1) is 0 Å². The summed E-state index contributed by atoms with van der Waals surface area (Å²) >= 11 is 0. The summed E-state index contributed by atoms with van der Waals surface area (Å²) in [5.41, 5.74) is 2.44. The molecule has 0 N–H and O–H groups in total. The molecule has 2 aromatic heterocycles. The minimum Gasteiger partial charge on any atom is -0.375 e. The molecule has 2 saturated heterocycles. The molecule has 0 spiro atoms. The predicted octanol–water partition coefficient (Wildman–Crippen LogP) is 1.66. The molecular formula is C19H24N4O3. The molecule has 0 saturated carbocycles. The molecule has 2 atom stereocenters. The largest absolute Gasteiger partial charge is 0.375 e.